The molecule has 10 heteroatoms. The Morgan fingerprint density at radius 3 is 2.67 bits per heavy atom. The van der Waals surface area contributed by atoms with E-state index in [1.165, 1.54) is 0 Å². The van der Waals surface area contributed by atoms with Crippen LogP contribution in [0.25, 0.3) is 5.69 Å². The molecule has 2 N–H and O–H groups in total. The van der Waals surface area contributed by atoms with Crippen LogP contribution in [0.15, 0.2) is 67.0 Å². The molecular weight excluding hydrogens is 516 g/mol. The molecule has 0 bridgehead atoms. The third kappa shape index (κ3) is 4.96. The van der Waals surface area contributed by atoms with Crippen LogP contribution in [-0.4, -0.2) is 64.8 Å². The van der Waals surface area contributed by atoms with Crippen molar-refractivity contribution in [3.05, 3.63) is 78.1 Å². The number of ether oxygens (including phenoxy) is 1. The van der Waals surface area contributed by atoms with E-state index in [9.17, 15) is 18.4 Å². The number of carbonyl (C=O) groups is 2. The van der Waals surface area contributed by atoms with Gasteiger partial charge in [-0.15, -0.1) is 0 Å². The van der Waals surface area contributed by atoms with Crippen LogP contribution in [0, 0.1) is 11.8 Å². The molecule has 6 rings (SSSR count). The van der Waals surface area contributed by atoms with Crippen molar-refractivity contribution in [2.75, 3.05) is 25.6 Å². The summed E-state index contributed by atoms with van der Waals surface area (Å²) in [6, 6.07) is 15.6. The first-order valence-corrected chi connectivity index (χ1v) is 13.8. The highest BCUT2D eigenvalue weighted by Crippen LogP contribution is 2.48. The lowest BCUT2D eigenvalue weighted by molar-refractivity contribution is -0.146. The maximum atomic E-state index is 14.7. The number of nitrogens with one attached hydrogen (secondary N) is 2. The van der Waals surface area contributed by atoms with Gasteiger partial charge in [-0.3, -0.25) is 9.59 Å². The Morgan fingerprint density at radius 2 is 1.93 bits per heavy atom. The number of hydrogen-bond acceptors (Lipinski definition) is 5. The molecule has 2 fully saturated rings. The standard InChI is InChI=1S/C30H33F2N5O3/c1-40-18-26-22-12-16-36(27(22)21-5-2-3-6-24(21)34-26)29(39)23-17-30(31,32)13-11-25(23)35-28(38)19-7-9-20(10-8-19)37-15-4-14-33-37/h2-10,14-15,22-23,25-27,34H,11-13,16-18H2,1H3,(H,35,38)/t22-,23+,25-,26+,27+/m1/s1. The monoisotopic (exact) mass is 549 g/mol. The van der Waals surface area contributed by atoms with Crippen LogP contribution in [0.1, 0.15) is 47.6 Å². The van der Waals surface area contributed by atoms with Gasteiger partial charge in [0.25, 0.3) is 5.91 Å². The van der Waals surface area contributed by atoms with Gasteiger partial charge in [-0.05, 0) is 54.8 Å². The molecule has 1 aromatic heterocycles. The predicted octanol–water partition coefficient (Wildman–Crippen LogP) is 4.44. The summed E-state index contributed by atoms with van der Waals surface area (Å²) in [5.41, 5.74) is 3.12. The van der Waals surface area contributed by atoms with Gasteiger partial charge in [0.05, 0.1) is 30.3 Å². The van der Waals surface area contributed by atoms with Crippen molar-refractivity contribution in [3.8, 4) is 5.69 Å². The SMILES string of the molecule is COC[C@@H]1Nc2ccccc2[C@H]2[C@@H]1CCN2C(=O)[C@H]1CC(F)(F)CC[C@H]1NC(=O)c1ccc(-n2cccn2)cc1. The molecule has 1 aliphatic carbocycles. The van der Waals surface area contributed by atoms with Crippen LogP contribution in [-0.2, 0) is 9.53 Å². The van der Waals surface area contributed by atoms with Crippen molar-refractivity contribution < 1.29 is 23.1 Å². The number of benzene rings is 2. The van der Waals surface area contributed by atoms with Gasteiger partial charge in [-0.2, -0.15) is 5.10 Å². The van der Waals surface area contributed by atoms with Gasteiger partial charge in [0.15, 0.2) is 0 Å². The van der Waals surface area contributed by atoms with Crippen molar-refractivity contribution in [1.29, 1.82) is 0 Å². The minimum Gasteiger partial charge on any atom is -0.383 e. The normalized spacial score (nSPS) is 26.9. The molecule has 0 unspecified atom stereocenters. The number of alkyl halides is 2. The lowest BCUT2D eigenvalue weighted by Gasteiger charge is -2.42. The van der Waals surface area contributed by atoms with Crippen LogP contribution in [0.2, 0.25) is 0 Å². The number of carbonyl (C=O) groups excluding carboxylic acids is 2. The number of anilines is 1. The molecule has 1 saturated carbocycles. The highest BCUT2D eigenvalue weighted by Gasteiger charge is 2.51. The van der Waals surface area contributed by atoms with Crippen LogP contribution < -0.4 is 10.6 Å². The zero-order valence-corrected chi connectivity index (χ0v) is 22.3. The van der Waals surface area contributed by atoms with E-state index < -0.39 is 24.3 Å². The number of halogens is 2. The second-order valence-electron chi connectivity index (χ2n) is 11.0. The summed E-state index contributed by atoms with van der Waals surface area (Å²) in [5, 5.41) is 10.7. The van der Waals surface area contributed by atoms with Crippen LogP contribution in [0.3, 0.4) is 0 Å². The number of fused-ring (bicyclic) bond motifs is 3. The summed E-state index contributed by atoms with van der Waals surface area (Å²) in [5.74, 6) is -4.58. The third-order valence-corrected chi connectivity index (χ3v) is 8.57. The van der Waals surface area contributed by atoms with E-state index in [1.807, 2.05) is 24.3 Å². The Kier molecular flexibility index (Phi) is 7.04. The van der Waals surface area contributed by atoms with Gasteiger partial charge in [0.2, 0.25) is 11.8 Å². The molecule has 2 amide bonds. The molecule has 2 aromatic carbocycles. The first-order chi connectivity index (χ1) is 19.3. The Labute approximate surface area is 231 Å². The summed E-state index contributed by atoms with van der Waals surface area (Å²) < 4.78 is 36.6. The number of aromatic nitrogens is 2. The zero-order valence-electron chi connectivity index (χ0n) is 22.3. The van der Waals surface area contributed by atoms with E-state index in [1.54, 1.807) is 59.4 Å². The fourth-order valence-corrected chi connectivity index (χ4v) is 6.64. The highest BCUT2D eigenvalue weighted by molar-refractivity contribution is 5.95. The number of para-hydroxylation sites is 1. The number of nitrogens with zero attached hydrogens (tertiary/aromatic N) is 3. The fraction of sp³-hybridized carbons (Fsp3) is 0.433. The Morgan fingerprint density at radius 1 is 1.12 bits per heavy atom. The molecule has 3 aromatic rings. The summed E-state index contributed by atoms with van der Waals surface area (Å²) >= 11 is 0. The van der Waals surface area contributed by atoms with Gasteiger partial charge in [-0.1, -0.05) is 18.2 Å². The number of rotatable bonds is 6. The van der Waals surface area contributed by atoms with E-state index in [4.69, 9.17) is 4.74 Å². The summed E-state index contributed by atoms with van der Waals surface area (Å²) in [4.78, 5) is 29.1. The number of amides is 2. The molecule has 2 aliphatic heterocycles. The van der Waals surface area contributed by atoms with Gasteiger partial charge < -0.3 is 20.3 Å². The smallest absolute Gasteiger partial charge is 0.251 e. The molecule has 210 valence electrons. The van der Waals surface area contributed by atoms with Crippen molar-refractivity contribution in [3.63, 3.8) is 0 Å². The summed E-state index contributed by atoms with van der Waals surface area (Å²) in [6.45, 7) is 0.957. The topological polar surface area (TPSA) is 88.5 Å². The average molecular weight is 550 g/mol. The number of hydrogen-bond donors (Lipinski definition) is 2. The average Bonchev–Trinajstić information content (AvgIpc) is 3.65. The Balaban J connectivity index is 1.23. The molecule has 1 saturated heterocycles. The molecular formula is C30H33F2N5O3. The molecule has 0 radical (unpaired) electrons. The second kappa shape index (κ2) is 10.6. The van der Waals surface area contributed by atoms with Crippen molar-refractivity contribution >= 4 is 17.5 Å². The number of methoxy groups -OCH3 is 1. The maximum absolute atomic E-state index is 14.7. The van der Waals surface area contributed by atoms with E-state index in [2.05, 4.69) is 15.7 Å². The molecule has 0 spiro atoms. The molecule has 3 heterocycles. The summed E-state index contributed by atoms with van der Waals surface area (Å²) in [6.07, 6.45) is 3.30. The second-order valence-corrected chi connectivity index (χ2v) is 11.0. The molecule has 40 heavy (non-hydrogen) atoms. The van der Waals surface area contributed by atoms with Crippen LogP contribution >= 0.6 is 0 Å². The van der Waals surface area contributed by atoms with Gasteiger partial charge in [-0.25, -0.2) is 13.5 Å². The van der Waals surface area contributed by atoms with Crippen molar-refractivity contribution in [1.82, 2.24) is 20.0 Å². The van der Waals surface area contributed by atoms with Crippen LogP contribution in [0.5, 0.6) is 0 Å². The highest BCUT2D eigenvalue weighted by atomic mass is 19.3. The first-order valence-electron chi connectivity index (χ1n) is 13.8. The van der Waals surface area contributed by atoms with Gasteiger partial charge in [0.1, 0.15) is 0 Å². The Hall–Kier alpha value is -3.79. The van der Waals surface area contributed by atoms with Gasteiger partial charge in [0, 0.05) is 62.1 Å². The maximum Gasteiger partial charge on any atom is 0.251 e. The van der Waals surface area contributed by atoms with Crippen LogP contribution in [0.4, 0.5) is 14.5 Å². The Bertz CT molecular complexity index is 1360. The zero-order chi connectivity index (χ0) is 27.9. The fourth-order valence-electron chi connectivity index (χ4n) is 6.64. The van der Waals surface area contributed by atoms with E-state index in [-0.39, 0.29) is 42.7 Å². The lowest BCUT2D eigenvalue weighted by atomic mass is 9.79. The molecule has 8 nitrogen and oxygen atoms in total. The lowest BCUT2D eigenvalue weighted by Crippen LogP contribution is -2.53. The van der Waals surface area contributed by atoms with E-state index >= 15 is 0 Å². The minimum absolute atomic E-state index is 0.00992. The predicted molar refractivity (Wildman–Crippen MR) is 145 cm³/mol. The largest absolute Gasteiger partial charge is 0.383 e. The minimum atomic E-state index is -2.96. The van der Waals surface area contributed by atoms with Crippen molar-refractivity contribution in [2.45, 2.75) is 49.7 Å². The van der Waals surface area contributed by atoms with E-state index in [0.29, 0.717) is 18.7 Å². The molecule has 3 aliphatic rings. The quantitative estimate of drug-likeness (QED) is 0.475. The van der Waals surface area contributed by atoms with Gasteiger partial charge >= 0.3 is 0 Å². The van der Waals surface area contributed by atoms with E-state index in [0.717, 1.165) is 23.4 Å². The van der Waals surface area contributed by atoms with Crippen molar-refractivity contribution in [2.24, 2.45) is 11.8 Å². The third-order valence-electron chi connectivity index (χ3n) is 8.57. The summed E-state index contributed by atoms with van der Waals surface area (Å²) in [7, 11) is 1.65. The molecule has 5 atom stereocenters. The number of likely N-dealkylation sites (tertiary alicyclic amines) is 1. The first kappa shape index (κ1) is 26.4.